The van der Waals surface area contributed by atoms with Gasteiger partial charge in [0.25, 0.3) is 5.91 Å². The van der Waals surface area contributed by atoms with Crippen molar-refractivity contribution in [2.75, 3.05) is 5.73 Å². The minimum atomic E-state index is -0.556. The molecule has 2 aromatic rings. The smallest absolute Gasteiger partial charge is 0.255 e. The van der Waals surface area contributed by atoms with Gasteiger partial charge in [-0.3, -0.25) is 4.79 Å². The second-order valence-electron chi connectivity index (χ2n) is 4.02. The molecule has 0 fully saturated rings. The third-order valence-corrected chi connectivity index (χ3v) is 3.25. The second-order valence-corrected chi connectivity index (χ2v) is 4.88. The average molecular weight is 323 g/mol. The number of nitrogen functional groups attached to an aromatic ring is 1. The van der Waals surface area contributed by atoms with E-state index in [0.29, 0.717) is 16.7 Å². The van der Waals surface area contributed by atoms with E-state index >= 15 is 0 Å². The van der Waals surface area contributed by atoms with Crippen molar-refractivity contribution < 1.29 is 9.18 Å². The molecular formula is C14H12BrFN2O. The van der Waals surface area contributed by atoms with Crippen molar-refractivity contribution in [2.24, 2.45) is 0 Å². The fraction of sp³-hybridized carbons (Fsp3) is 0.0714. The number of hydrogen-bond donors (Lipinski definition) is 2. The van der Waals surface area contributed by atoms with E-state index in [1.54, 1.807) is 24.3 Å². The summed E-state index contributed by atoms with van der Waals surface area (Å²) in [7, 11) is 0. The number of benzene rings is 2. The van der Waals surface area contributed by atoms with Gasteiger partial charge < -0.3 is 11.1 Å². The lowest BCUT2D eigenvalue weighted by atomic mass is 10.1. The first-order valence-corrected chi connectivity index (χ1v) is 6.44. The zero-order valence-electron chi connectivity index (χ0n) is 9.99. The molecule has 0 heterocycles. The van der Waals surface area contributed by atoms with Crippen LogP contribution in [0.4, 0.5) is 10.1 Å². The minimum Gasteiger partial charge on any atom is -0.399 e. The van der Waals surface area contributed by atoms with Gasteiger partial charge in [0.05, 0.1) is 5.56 Å². The topological polar surface area (TPSA) is 55.1 Å². The Labute approximate surface area is 118 Å². The molecule has 3 nitrogen and oxygen atoms in total. The molecule has 0 aromatic heterocycles. The monoisotopic (exact) mass is 322 g/mol. The predicted molar refractivity (Wildman–Crippen MR) is 76.1 cm³/mol. The van der Waals surface area contributed by atoms with E-state index in [1.807, 2.05) is 6.07 Å². The number of nitrogens with two attached hydrogens (primary N) is 1. The van der Waals surface area contributed by atoms with E-state index in [-0.39, 0.29) is 5.56 Å². The van der Waals surface area contributed by atoms with Gasteiger partial charge in [-0.2, -0.15) is 0 Å². The number of nitrogens with one attached hydrogen (secondary N) is 1. The van der Waals surface area contributed by atoms with Crippen LogP contribution in [-0.4, -0.2) is 5.91 Å². The molecule has 98 valence electrons. The summed E-state index contributed by atoms with van der Waals surface area (Å²) in [4.78, 5) is 11.9. The lowest BCUT2D eigenvalue weighted by Crippen LogP contribution is -2.24. The molecule has 2 rings (SSSR count). The lowest BCUT2D eigenvalue weighted by Gasteiger charge is -2.08. The van der Waals surface area contributed by atoms with Gasteiger partial charge in [-0.25, -0.2) is 4.39 Å². The normalized spacial score (nSPS) is 10.2. The van der Waals surface area contributed by atoms with Crippen molar-refractivity contribution >= 4 is 27.5 Å². The summed E-state index contributed by atoms with van der Waals surface area (Å²) >= 11 is 3.16. The van der Waals surface area contributed by atoms with Crippen LogP contribution in [0.15, 0.2) is 46.9 Å². The number of anilines is 1. The molecule has 0 saturated carbocycles. The van der Waals surface area contributed by atoms with Crippen LogP contribution in [0.3, 0.4) is 0 Å². The van der Waals surface area contributed by atoms with E-state index in [1.165, 1.54) is 12.1 Å². The lowest BCUT2D eigenvalue weighted by molar-refractivity contribution is 0.0946. The molecule has 0 bridgehead atoms. The maximum atomic E-state index is 13.6. The van der Waals surface area contributed by atoms with Crippen LogP contribution in [0.5, 0.6) is 0 Å². The molecule has 0 aliphatic rings. The zero-order chi connectivity index (χ0) is 13.8. The molecule has 0 unspecified atom stereocenters. The number of carbonyl (C=O) groups is 1. The molecule has 5 heteroatoms. The molecule has 3 N–H and O–H groups in total. The summed E-state index contributed by atoms with van der Waals surface area (Å²) in [5.74, 6) is -1.02. The standard InChI is InChI=1S/C14H12BrFN2O/c15-11-5-2-6-12(16)13(11)14(19)18-8-9-3-1-4-10(17)7-9/h1-7H,8,17H2,(H,18,19). The predicted octanol–water partition coefficient (Wildman–Crippen LogP) is 3.10. The van der Waals surface area contributed by atoms with Crippen molar-refractivity contribution in [1.82, 2.24) is 5.32 Å². The maximum Gasteiger partial charge on any atom is 0.255 e. The Morgan fingerprint density at radius 3 is 2.68 bits per heavy atom. The summed E-state index contributed by atoms with van der Waals surface area (Å²) in [5.41, 5.74) is 7.14. The summed E-state index contributed by atoms with van der Waals surface area (Å²) in [5, 5.41) is 2.66. The van der Waals surface area contributed by atoms with Crippen LogP contribution in [0.25, 0.3) is 0 Å². The van der Waals surface area contributed by atoms with Gasteiger partial charge in [-0.05, 0) is 45.8 Å². The van der Waals surface area contributed by atoms with Gasteiger partial charge in [0.15, 0.2) is 0 Å². The van der Waals surface area contributed by atoms with Crippen LogP contribution in [-0.2, 0) is 6.54 Å². The largest absolute Gasteiger partial charge is 0.399 e. The Kier molecular flexibility index (Phi) is 4.16. The second kappa shape index (κ2) is 5.84. The Hall–Kier alpha value is -1.88. The summed E-state index contributed by atoms with van der Waals surface area (Å²) in [6.45, 7) is 0.296. The maximum absolute atomic E-state index is 13.6. The summed E-state index contributed by atoms with van der Waals surface area (Å²) in [6, 6.07) is 11.6. The highest BCUT2D eigenvalue weighted by molar-refractivity contribution is 9.10. The SMILES string of the molecule is Nc1cccc(CNC(=O)c2c(F)cccc2Br)c1. The number of amides is 1. The fourth-order valence-corrected chi connectivity index (χ4v) is 2.21. The van der Waals surface area contributed by atoms with Crippen LogP contribution >= 0.6 is 15.9 Å². The van der Waals surface area contributed by atoms with Crippen LogP contribution in [0.1, 0.15) is 15.9 Å². The van der Waals surface area contributed by atoms with Crippen molar-refractivity contribution in [3.05, 3.63) is 63.9 Å². The molecular weight excluding hydrogens is 311 g/mol. The zero-order valence-corrected chi connectivity index (χ0v) is 11.6. The summed E-state index contributed by atoms with van der Waals surface area (Å²) < 4.78 is 14.0. The minimum absolute atomic E-state index is 0.00593. The Bertz CT molecular complexity index is 596. The van der Waals surface area contributed by atoms with Gasteiger partial charge in [-0.1, -0.05) is 18.2 Å². The molecule has 0 atom stereocenters. The van der Waals surface area contributed by atoms with Crippen molar-refractivity contribution in [3.8, 4) is 0 Å². The highest BCUT2D eigenvalue weighted by Gasteiger charge is 2.14. The van der Waals surface area contributed by atoms with Crippen LogP contribution < -0.4 is 11.1 Å². The molecule has 0 aliphatic carbocycles. The molecule has 0 saturated heterocycles. The highest BCUT2D eigenvalue weighted by atomic mass is 79.9. The van der Waals surface area contributed by atoms with E-state index in [9.17, 15) is 9.18 Å². The van der Waals surface area contributed by atoms with Gasteiger partial charge in [0.1, 0.15) is 5.82 Å². The molecule has 1 amide bonds. The first-order chi connectivity index (χ1) is 9.08. The van der Waals surface area contributed by atoms with Crippen molar-refractivity contribution in [2.45, 2.75) is 6.54 Å². The number of hydrogen-bond acceptors (Lipinski definition) is 2. The summed E-state index contributed by atoms with van der Waals surface area (Å²) in [6.07, 6.45) is 0. The number of carbonyl (C=O) groups excluding carboxylic acids is 1. The van der Waals surface area contributed by atoms with E-state index in [2.05, 4.69) is 21.2 Å². The van der Waals surface area contributed by atoms with Crippen LogP contribution in [0.2, 0.25) is 0 Å². The van der Waals surface area contributed by atoms with E-state index < -0.39 is 11.7 Å². The number of halogens is 2. The Balaban J connectivity index is 2.10. The van der Waals surface area contributed by atoms with Gasteiger partial charge in [0, 0.05) is 16.7 Å². The van der Waals surface area contributed by atoms with Gasteiger partial charge in [0.2, 0.25) is 0 Å². The molecule has 0 radical (unpaired) electrons. The van der Waals surface area contributed by atoms with E-state index in [4.69, 9.17) is 5.73 Å². The van der Waals surface area contributed by atoms with E-state index in [0.717, 1.165) is 5.56 Å². The molecule has 0 spiro atoms. The van der Waals surface area contributed by atoms with Crippen LogP contribution in [0, 0.1) is 5.82 Å². The molecule has 0 aliphatic heterocycles. The van der Waals surface area contributed by atoms with Crippen molar-refractivity contribution in [1.29, 1.82) is 0 Å². The Morgan fingerprint density at radius 1 is 1.26 bits per heavy atom. The van der Waals surface area contributed by atoms with Gasteiger partial charge >= 0.3 is 0 Å². The fourth-order valence-electron chi connectivity index (χ4n) is 1.69. The highest BCUT2D eigenvalue weighted by Crippen LogP contribution is 2.19. The van der Waals surface area contributed by atoms with Crippen molar-refractivity contribution in [3.63, 3.8) is 0 Å². The quantitative estimate of drug-likeness (QED) is 0.853. The molecule has 2 aromatic carbocycles. The first kappa shape index (κ1) is 13.5. The Morgan fingerprint density at radius 2 is 2.00 bits per heavy atom. The third kappa shape index (κ3) is 3.32. The third-order valence-electron chi connectivity index (χ3n) is 2.59. The van der Waals surface area contributed by atoms with Gasteiger partial charge in [-0.15, -0.1) is 0 Å². The molecule has 19 heavy (non-hydrogen) atoms. The first-order valence-electron chi connectivity index (χ1n) is 5.64. The number of rotatable bonds is 3. The average Bonchev–Trinajstić information content (AvgIpc) is 2.36.